The molecular weight excluding hydrogens is 418 g/mol. The number of sulfonamides is 1. The van der Waals surface area contributed by atoms with Gasteiger partial charge in [0.2, 0.25) is 21.8 Å². The van der Waals surface area contributed by atoms with Crippen molar-refractivity contribution >= 4 is 27.5 Å². The van der Waals surface area contributed by atoms with Crippen LogP contribution in [0.3, 0.4) is 0 Å². The number of rotatable bonds is 7. The lowest BCUT2D eigenvalue weighted by molar-refractivity contribution is -0.128. The molecule has 2 amide bonds. The standard InChI is InChI=1S/C22H33N3O5S/c1-30-20-12-11-18(31(28,29)25-13-7-2-3-8-14-25)15-19(20)24-21(26)16-23-22(27)17-9-5-4-6-10-17/h11-12,15,17H,2-10,13-14,16H2,1H3,(H,23,27)(H,24,26). The summed E-state index contributed by atoms with van der Waals surface area (Å²) in [6.45, 7) is 0.841. The number of methoxy groups -OCH3 is 1. The molecule has 1 heterocycles. The van der Waals surface area contributed by atoms with Crippen LogP contribution in [0.25, 0.3) is 0 Å². The number of carbonyl (C=O) groups excluding carboxylic acids is 2. The summed E-state index contributed by atoms with van der Waals surface area (Å²) in [5.74, 6) is -0.189. The van der Waals surface area contributed by atoms with Gasteiger partial charge in [0.05, 0.1) is 24.2 Å². The van der Waals surface area contributed by atoms with Crippen LogP contribution < -0.4 is 15.4 Å². The minimum atomic E-state index is -3.65. The van der Waals surface area contributed by atoms with Crippen molar-refractivity contribution in [1.82, 2.24) is 9.62 Å². The normalized spacial score (nSPS) is 18.7. The Morgan fingerprint density at radius 3 is 2.32 bits per heavy atom. The first kappa shape index (κ1) is 23.5. The molecule has 1 aliphatic carbocycles. The van der Waals surface area contributed by atoms with E-state index in [2.05, 4.69) is 10.6 Å². The molecule has 1 saturated carbocycles. The number of hydrogen-bond acceptors (Lipinski definition) is 5. The molecule has 2 aliphatic rings. The predicted molar refractivity (Wildman–Crippen MR) is 118 cm³/mol. The van der Waals surface area contributed by atoms with E-state index in [0.29, 0.717) is 18.8 Å². The fraction of sp³-hybridized carbons (Fsp3) is 0.636. The Hall–Kier alpha value is -2.13. The van der Waals surface area contributed by atoms with E-state index in [1.54, 1.807) is 6.07 Å². The number of hydrogen-bond donors (Lipinski definition) is 2. The summed E-state index contributed by atoms with van der Waals surface area (Å²) in [6.07, 6.45) is 8.71. The average molecular weight is 452 g/mol. The summed E-state index contributed by atoms with van der Waals surface area (Å²) in [5, 5.41) is 5.38. The lowest BCUT2D eigenvalue weighted by Crippen LogP contribution is -2.37. The fourth-order valence-corrected chi connectivity index (χ4v) is 5.79. The SMILES string of the molecule is COc1ccc(S(=O)(=O)N2CCCCCC2)cc1NC(=O)CNC(=O)C1CCCCC1. The van der Waals surface area contributed by atoms with Gasteiger partial charge in [-0.25, -0.2) is 8.42 Å². The van der Waals surface area contributed by atoms with Crippen LogP contribution in [-0.4, -0.2) is 51.3 Å². The van der Waals surface area contributed by atoms with Crippen molar-refractivity contribution < 1.29 is 22.7 Å². The molecule has 2 fully saturated rings. The quantitative estimate of drug-likeness (QED) is 0.663. The van der Waals surface area contributed by atoms with Gasteiger partial charge in [0.1, 0.15) is 5.75 Å². The van der Waals surface area contributed by atoms with Crippen LogP contribution in [-0.2, 0) is 19.6 Å². The third-order valence-electron chi connectivity index (χ3n) is 6.05. The maximum atomic E-state index is 13.1. The molecule has 9 heteroatoms. The highest BCUT2D eigenvalue weighted by Crippen LogP contribution is 2.30. The Kier molecular flexibility index (Phi) is 8.31. The van der Waals surface area contributed by atoms with E-state index in [1.807, 2.05) is 0 Å². The van der Waals surface area contributed by atoms with Gasteiger partial charge in [-0.15, -0.1) is 0 Å². The number of nitrogens with one attached hydrogen (secondary N) is 2. The van der Waals surface area contributed by atoms with Gasteiger partial charge in [0, 0.05) is 19.0 Å². The smallest absolute Gasteiger partial charge is 0.243 e. The molecule has 1 aromatic rings. The lowest BCUT2D eigenvalue weighted by atomic mass is 9.89. The predicted octanol–water partition coefficient (Wildman–Crippen LogP) is 2.89. The van der Waals surface area contributed by atoms with Gasteiger partial charge in [-0.2, -0.15) is 4.31 Å². The van der Waals surface area contributed by atoms with Gasteiger partial charge in [0.25, 0.3) is 0 Å². The van der Waals surface area contributed by atoms with Crippen molar-refractivity contribution in [1.29, 1.82) is 0 Å². The first-order valence-electron chi connectivity index (χ1n) is 11.2. The van der Waals surface area contributed by atoms with E-state index >= 15 is 0 Å². The Labute approximate surface area is 184 Å². The molecule has 0 unspecified atom stereocenters. The molecule has 2 N–H and O–H groups in total. The van der Waals surface area contributed by atoms with Gasteiger partial charge in [-0.1, -0.05) is 32.1 Å². The summed E-state index contributed by atoms with van der Waals surface area (Å²) in [5.41, 5.74) is 0.273. The first-order valence-corrected chi connectivity index (χ1v) is 12.6. The second-order valence-electron chi connectivity index (χ2n) is 8.28. The molecule has 31 heavy (non-hydrogen) atoms. The molecule has 1 saturated heterocycles. The van der Waals surface area contributed by atoms with Crippen LogP contribution in [0.1, 0.15) is 57.8 Å². The number of anilines is 1. The first-order chi connectivity index (χ1) is 14.9. The van der Waals surface area contributed by atoms with Crippen molar-refractivity contribution in [2.75, 3.05) is 32.1 Å². The zero-order chi connectivity index (χ0) is 22.3. The topological polar surface area (TPSA) is 105 Å². The minimum Gasteiger partial charge on any atom is -0.495 e. The van der Waals surface area contributed by atoms with E-state index in [-0.39, 0.29) is 29.0 Å². The fourth-order valence-electron chi connectivity index (χ4n) is 4.25. The highest BCUT2D eigenvalue weighted by atomic mass is 32.2. The molecule has 1 aromatic carbocycles. The maximum Gasteiger partial charge on any atom is 0.243 e. The zero-order valence-electron chi connectivity index (χ0n) is 18.2. The van der Waals surface area contributed by atoms with Crippen LogP contribution in [0, 0.1) is 5.92 Å². The second kappa shape index (κ2) is 10.9. The van der Waals surface area contributed by atoms with E-state index in [4.69, 9.17) is 4.74 Å². The Morgan fingerprint density at radius 2 is 1.68 bits per heavy atom. The molecule has 0 aromatic heterocycles. The monoisotopic (exact) mass is 451 g/mol. The number of amides is 2. The molecule has 0 radical (unpaired) electrons. The van der Waals surface area contributed by atoms with Gasteiger partial charge >= 0.3 is 0 Å². The summed E-state index contributed by atoms with van der Waals surface area (Å²) in [4.78, 5) is 24.8. The largest absolute Gasteiger partial charge is 0.495 e. The van der Waals surface area contributed by atoms with Crippen LogP contribution in [0.4, 0.5) is 5.69 Å². The Morgan fingerprint density at radius 1 is 1.03 bits per heavy atom. The van der Waals surface area contributed by atoms with E-state index in [1.165, 1.54) is 23.5 Å². The van der Waals surface area contributed by atoms with Gasteiger partial charge in [-0.05, 0) is 43.9 Å². The highest BCUT2D eigenvalue weighted by molar-refractivity contribution is 7.89. The number of benzene rings is 1. The van der Waals surface area contributed by atoms with Crippen molar-refractivity contribution in [3.63, 3.8) is 0 Å². The second-order valence-corrected chi connectivity index (χ2v) is 10.2. The summed E-state index contributed by atoms with van der Waals surface area (Å²) in [6, 6.07) is 4.47. The number of carbonyl (C=O) groups is 2. The molecule has 0 bridgehead atoms. The summed E-state index contributed by atoms with van der Waals surface area (Å²) in [7, 11) is -2.19. The third-order valence-corrected chi connectivity index (χ3v) is 7.94. The number of ether oxygens (including phenoxy) is 1. The lowest BCUT2D eigenvalue weighted by Gasteiger charge is -2.21. The van der Waals surface area contributed by atoms with Gasteiger partial charge in [-0.3, -0.25) is 9.59 Å². The number of nitrogens with zero attached hydrogens (tertiary/aromatic N) is 1. The third kappa shape index (κ3) is 6.20. The molecule has 172 valence electrons. The zero-order valence-corrected chi connectivity index (χ0v) is 19.0. The van der Waals surface area contributed by atoms with Crippen LogP contribution >= 0.6 is 0 Å². The van der Waals surface area contributed by atoms with E-state index in [0.717, 1.165) is 57.8 Å². The Bertz CT molecular complexity index is 873. The maximum absolute atomic E-state index is 13.1. The molecule has 1 aliphatic heterocycles. The van der Waals surface area contributed by atoms with Crippen LogP contribution in [0.15, 0.2) is 23.1 Å². The minimum absolute atomic E-state index is 0.0295. The summed E-state index contributed by atoms with van der Waals surface area (Å²) < 4.78 is 33.0. The van der Waals surface area contributed by atoms with Gasteiger partial charge in [0.15, 0.2) is 0 Å². The van der Waals surface area contributed by atoms with Crippen molar-refractivity contribution in [3.05, 3.63) is 18.2 Å². The van der Waals surface area contributed by atoms with Crippen molar-refractivity contribution in [3.8, 4) is 5.75 Å². The summed E-state index contributed by atoms with van der Waals surface area (Å²) >= 11 is 0. The van der Waals surface area contributed by atoms with E-state index < -0.39 is 15.9 Å². The van der Waals surface area contributed by atoms with Crippen LogP contribution in [0.5, 0.6) is 5.75 Å². The molecule has 0 spiro atoms. The van der Waals surface area contributed by atoms with Gasteiger partial charge < -0.3 is 15.4 Å². The highest BCUT2D eigenvalue weighted by Gasteiger charge is 2.26. The van der Waals surface area contributed by atoms with Crippen molar-refractivity contribution in [2.45, 2.75) is 62.7 Å². The molecule has 8 nitrogen and oxygen atoms in total. The van der Waals surface area contributed by atoms with Crippen LogP contribution in [0.2, 0.25) is 0 Å². The van der Waals surface area contributed by atoms with E-state index in [9.17, 15) is 18.0 Å². The molecule has 0 atom stereocenters. The molecule has 3 rings (SSSR count). The molecular formula is C22H33N3O5S. The Balaban J connectivity index is 1.67. The average Bonchev–Trinajstić information content (AvgIpc) is 3.08. The van der Waals surface area contributed by atoms with Crippen molar-refractivity contribution in [2.24, 2.45) is 5.92 Å².